The van der Waals surface area contributed by atoms with Crippen molar-refractivity contribution in [2.75, 3.05) is 11.9 Å². The Bertz CT molecular complexity index is 818. The van der Waals surface area contributed by atoms with E-state index in [9.17, 15) is 14.4 Å². The first-order valence-electron chi connectivity index (χ1n) is 9.26. The van der Waals surface area contributed by atoms with E-state index in [1.807, 2.05) is 51.1 Å². The summed E-state index contributed by atoms with van der Waals surface area (Å²) in [6.45, 7) is 5.50. The van der Waals surface area contributed by atoms with Gasteiger partial charge in [0.2, 0.25) is 5.91 Å². The van der Waals surface area contributed by atoms with E-state index in [2.05, 4.69) is 10.6 Å². The Morgan fingerprint density at radius 3 is 2.21 bits per heavy atom. The summed E-state index contributed by atoms with van der Waals surface area (Å²) in [6.07, 6.45) is 0.194. The van der Waals surface area contributed by atoms with Gasteiger partial charge in [0.25, 0.3) is 5.91 Å². The fraction of sp³-hybridized carbons (Fsp3) is 0.318. The predicted molar refractivity (Wildman–Crippen MR) is 108 cm³/mol. The monoisotopic (exact) mass is 382 g/mol. The van der Waals surface area contributed by atoms with Gasteiger partial charge in [-0.25, -0.2) is 4.79 Å². The Kier molecular flexibility index (Phi) is 7.75. The Morgan fingerprint density at radius 2 is 1.54 bits per heavy atom. The molecule has 0 aliphatic carbocycles. The van der Waals surface area contributed by atoms with Crippen LogP contribution < -0.4 is 10.6 Å². The molecule has 0 saturated carbocycles. The number of benzene rings is 2. The van der Waals surface area contributed by atoms with Gasteiger partial charge >= 0.3 is 5.97 Å². The summed E-state index contributed by atoms with van der Waals surface area (Å²) in [4.78, 5) is 36.6. The van der Waals surface area contributed by atoms with Crippen molar-refractivity contribution in [2.24, 2.45) is 5.92 Å². The molecule has 1 atom stereocenters. The van der Waals surface area contributed by atoms with Gasteiger partial charge in [-0.15, -0.1) is 0 Å². The van der Waals surface area contributed by atoms with E-state index in [0.29, 0.717) is 5.69 Å². The van der Waals surface area contributed by atoms with Crippen LogP contribution in [0.25, 0.3) is 0 Å². The molecule has 2 N–H and O–H groups in total. The van der Waals surface area contributed by atoms with Gasteiger partial charge in [0, 0.05) is 6.04 Å². The van der Waals surface area contributed by atoms with Crippen LogP contribution in [0.2, 0.25) is 0 Å². The summed E-state index contributed by atoms with van der Waals surface area (Å²) in [5, 5.41) is 5.51. The normalized spacial score (nSPS) is 11.6. The van der Waals surface area contributed by atoms with Crippen LogP contribution in [0.5, 0.6) is 0 Å². The number of hydrogen-bond donors (Lipinski definition) is 2. The number of nitrogens with one attached hydrogen (secondary N) is 2. The summed E-state index contributed by atoms with van der Waals surface area (Å²) >= 11 is 0. The molecule has 28 heavy (non-hydrogen) atoms. The van der Waals surface area contributed by atoms with Gasteiger partial charge in [0.1, 0.15) is 0 Å². The molecular formula is C22H26N2O4. The van der Waals surface area contributed by atoms with Gasteiger partial charge in [0.15, 0.2) is 6.61 Å². The van der Waals surface area contributed by atoms with E-state index in [0.717, 1.165) is 5.56 Å². The first-order chi connectivity index (χ1) is 13.4. The minimum absolute atomic E-state index is 0.0178. The molecule has 0 aliphatic heterocycles. The zero-order valence-corrected chi connectivity index (χ0v) is 16.4. The number of amides is 2. The smallest absolute Gasteiger partial charge is 0.340 e. The highest BCUT2D eigenvalue weighted by Crippen LogP contribution is 2.17. The van der Waals surface area contributed by atoms with E-state index in [4.69, 9.17) is 4.74 Å². The molecule has 0 saturated heterocycles. The number of esters is 1. The first-order valence-corrected chi connectivity index (χ1v) is 9.26. The molecule has 0 unspecified atom stereocenters. The number of para-hydroxylation sites is 1. The number of ether oxygens (including phenoxy) is 1. The minimum atomic E-state index is -0.664. The molecule has 0 radical (unpaired) electrons. The third-order valence-corrected chi connectivity index (χ3v) is 4.35. The maximum absolute atomic E-state index is 12.4. The average Bonchev–Trinajstić information content (AvgIpc) is 2.67. The van der Waals surface area contributed by atoms with Crippen LogP contribution >= 0.6 is 0 Å². The van der Waals surface area contributed by atoms with Gasteiger partial charge in [-0.2, -0.15) is 0 Å². The maximum Gasteiger partial charge on any atom is 0.340 e. The Balaban J connectivity index is 1.95. The SMILES string of the molecule is CC(C)[C@H](C)NC(=O)COC(=O)c1ccccc1NC(=O)Cc1ccccc1. The van der Waals surface area contributed by atoms with Crippen molar-refractivity contribution in [3.63, 3.8) is 0 Å². The van der Waals surface area contributed by atoms with Crippen molar-refractivity contribution in [3.8, 4) is 0 Å². The van der Waals surface area contributed by atoms with Crippen molar-refractivity contribution in [2.45, 2.75) is 33.2 Å². The van der Waals surface area contributed by atoms with E-state index in [1.54, 1.807) is 24.3 Å². The number of anilines is 1. The fourth-order valence-electron chi connectivity index (χ4n) is 2.42. The Labute approximate surface area is 165 Å². The van der Waals surface area contributed by atoms with Crippen LogP contribution in [0, 0.1) is 5.92 Å². The lowest BCUT2D eigenvalue weighted by molar-refractivity contribution is -0.125. The molecule has 0 fully saturated rings. The van der Waals surface area contributed by atoms with Gasteiger partial charge in [0.05, 0.1) is 17.7 Å². The zero-order valence-electron chi connectivity index (χ0n) is 16.4. The molecule has 6 nitrogen and oxygen atoms in total. The minimum Gasteiger partial charge on any atom is -0.452 e. The second-order valence-corrected chi connectivity index (χ2v) is 6.93. The molecule has 148 valence electrons. The summed E-state index contributed by atoms with van der Waals surface area (Å²) in [5.74, 6) is -0.988. The van der Waals surface area contributed by atoms with Gasteiger partial charge in [-0.1, -0.05) is 56.3 Å². The maximum atomic E-state index is 12.4. The third kappa shape index (κ3) is 6.54. The highest BCUT2D eigenvalue weighted by molar-refractivity contribution is 6.02. The zero-order chi connectivity index (χ0) is 20.5. The van der Waals surface area contributed by atoms with E-state index < -0.39 is 5.97 Å². The summed E-state index contributed by atoms with van der Waals surface area (Å²) in [6, 6.07) is 15.9. The number of carbonyl (C=O) groups is 3. The van der Waals surface area contributed by atoms with Gasteiger partial charge in [-0.05, 0) is 30.5 Å². The number of rotatable bonds is 8. The van der Waals surface area contributed by atoms with Crippen LogP contribution in [0.15, 0.2) is 54.6 Å². The van der Waals surface area contributed by atoms with E-state index >= 15 is 0 Å². The van der Waals surface area contributed by atoms with Crippen LogP contribution in [0.4, 0.5) is 5.69 Å². The lowest BCUT2D eigenvalue weighted by atomic mass is 10.1. The van der Waals surface area contributed by atoms with Crippen molar-refractivity contribution < 1.29 is 19.1 Å². The lowest BCUT2D eigenvalue weighted by Crippen LogP contribution is -2.38. The van der Waals surface area contributed by atoms with Gasteiger partial charge < -0.3 is 15.4 Å². The fourth-order valence-corrected chi connectivity index (χ4v) is 2.42. The second-order valence-electron chi connectivity index (χ2n) is 6.93. The topological polar surface area (TPSA) is 84.5 Å². The lowest BCUT2D eigenvalue weighted by Gasteiger charge is -2.17. The van der Waals surface area contributed by atoms with Gasteiger partial charge in [-0.3, -0.25) is 9.59 Å². The third-order valence-electron chi connectivity index (χ3n) is 4.35. The summed E-state index contributed by atoms with van der Waals surface area (Å²) in [5.41, 5.74) is 1.43. The molecule has 0 heterocycles. The van der Waals surface area contributed by atoms with E-state index in [1.165, 1.54) is 0 Å². The van der Waals surface area contributed by atoms with Crippen LogP contribution in [-0.4, -0.2) is 30.4 Å². The quantitative estimate of drug-likeness (QED) is 0.687. The average molecular weight is 382 g/mol. The van der Waals surface area contributed by atoms with Crippen molar-refractivity contribution in [1.29, 1.82) is 0 Å². The molecule has 0 bridgehead atoms. The van der Waals surface area contributed by atoms with E-state index in [-0.39, 0.29) is 42.4 Å². The molecule has 2 aromatic carbocycles. The number of carbonyl (C=O) groups excluding carboxylic acids is 3. The summed E-state index contributed by atoms with van der Waals surface area (Å²) in [7, 11) is 0. The van der Waals surface area contributed by atoms with Crippen molar-refractivity contribution in [1.82, 2.24) is 5.32 Å². The molecule has 2 aromatic rings. The predicted octanol–water partition coefficient (Wildman–Crippen LogP) is 3.19. The molecule has 6 heteroatoms. The Hall–Kier alpha value is -3.15. The Morgan fingerprint density at radius 1 is 0.893 bits per heavy atom. The highest BCUT2D eigenvalue weighted by atomic mass is 16.5. The second kappa shape index (κ2) is 10.3. The van der Waals surface area contributed by atoms with Crippen LogP contribution in [0.1, 0.15) is 36.7 Å². The standard InChI is InChI=1S/C22H26N2O4/c1-15(2)16(3)23-21(26)14-28-22(27)18-11-7-8-12-19(18)24-20(25)13-17-9-5-4-6-10-17/h4-12,15-16H,13-14H2,1-3H3,(H,23,26)(H,24,25)/t16-/m0/s1. The summed E-state index contributed by atoms with van der Waals surface area (Å²) < 4.78 is 5.11. The largest absolute Gasteiger partial charge is 0.452 e. The highest BCUT2D eigenvalue weighted by Gasteiger charge is 2.17. The molecule has 0 spiro atoms. The van der Waals surface area contributed by atoms with Crippen LogP contribution in [-0.2, 0) is 20.7 Å². The molecular weight excluding hydrogens is 356 g/mol. The first kappa shape index (κ1) is 21.2. The molecule has 2 amide bonds. The molecule has 0 aliphatic rings. The van der Waals surface area contributed by atoms with Crippen molar-refractivity contribution >= 4 is 23.5 Å². The molecule has 2 rings (SSSR count). The van der Waals surface area contributed by atoms with Crippen molar-refractivity contribution in [3.05, 3.63) is 65.7 Å². The van der Waals surface area contributed by atoms with Crippen LogP contribution in [0.3, 0.4) is 0 Å². The molecule has 0 aromatic heterocycles. The number of hydrogen-bond acceptors (Lipinski definition) is 4.